The van der Waals surface area contributed by atoms with Crippen LogP contribution in [0.3, 0.4) is 0 Å². The van der Waals surface area contributed by atoms with Crippen molar-refractivity contribution in [3.63, 3.8) is 0 Å². The molecule has 3 aromatic carbocycles. The van der Waals surface area contributed by atoms with Gasteiger partial charge >= 0.3 is 0 Å². The normalized spacial score (nSPS) is 10.5. The fraction of sp³-hybridized carbons (Fsp3) is 0.0833. The molecule has 1 N–H and O–H groups in total. The van der Waals surface area contributed by atoms with Gasteiger partial charge in [0.05, 0.1) is 6.33 Å². The predicted octanol–water partition coefficient (Wildman–Crippen LogP) is 4.65. The average Bonchev–Trinajstić information content (AvgIpc) is 3.26. The first-order chi connectivity index (χ1) is 14.3. The van der Waals surface area contributed by atoms with Gasteiger partial charge in [-0.2, -0.15) is 0 Å². The van der Waals surface area contributed by atoms with Crippen LogP contribution in [-0.2, 0) is 13.1 Å². The molecule has 29 heavy (non-hydrogen) atoms. The second-order valence-electron chi connectivity index (χ2n) is 6.68. The molecule has 0 spiro atoms. The van der Waals surface area contributed by atoms with Crippen LogP contribution in [0.15, 0.2) is 97.6 Å². The highest BCUT2D eigenvalue weighted by molar-refractivity contribution is 5.94. The lowest BCUT2D eigenvalue weighted by Crippen LogP contribution is -2.22. The summed E-state index contributed by atoms with van der Waals surface area (Å²) in [4.78, 5) is 16.6. The van der Waals surface area contributed by atoms with Crippen molar-refractivity contribution >= 4 is 5.91 Å². The first-order valence-electron chi connectivity index (χ1n) is 9.41. The number of benzene rings is 3. The minimum Gasteiger partial charge on any atom is -0.457 e. The van der Waals surface area contributed by atoms with Gasteiger partial charge in [-0.15, -0.1) is 0 Å². The number of ether oxygens (including phenoxy) is 1. The standard InChI is InChI=1S/C24H21N3O2/c28-24(21-8-5-11-23(15-21)29-22-9-2-1-3-10-22)26-16-19-6-4-7-20(14-19)17-27-13-12-25-18-27/h1-15,18H,16-17H2,(H,26,28). The zero-order valence-corrected chi connectivity index (χ0v) is 15.9. The predicted molar refractivity (Wildman–Crippen MR) is 112 cm³/mol. The number of carbonyl (C=O) groups excluding carboxylic acids is 1. The lowest BCUT2D eigenvalue weighted by Gasteiger charge is -2.10. The number of amides is 1. The number of rotatable bonds is 7. The molecular weight excluding hydrogens is 362 g/mol. The van der Waals surface area contributed by atoms with Gasteiger partial charge < -0.3 is 14.6 Å². The number of hydrogen-bond donors (Lipinski definition) is 1. The van der Waals surface area contributed by atoms with Gasteiger partial charge in [-0.25, -0.2) is 4.98 Å². The quantitative estimate of drug-likeness (QED) is 0.505. The summed E-state index contributed by atoms with van der Waals surface area (Å²) in [7, 11) is 0. The SMILES string of the molecule is O=C(NCc1cccc(Cn2ccnc2)c1)c1cccc(Oc2ccccc2)c1. The van der Waals surface area contributed by atoms with E-state index in [1.807, 2.05) is 65.4 Å². The Bertz CT molecular complexity index is 1080. The van der Waals surface area contributed by atoms with Gasteiger partial charge in [0, 0.05) is 31.0 Å². The highest BCUT2D eigenvalue weighted by Gasteiger charge is 2.08. The molecule has 4 aromatic rings. The number of para-hydroxylation sites is 1. The first kappa shape index (κ1) is 18.5. The van der Waals surface area contributed by atoms with Gasteiger partial charge in [0.2, 0.25) is 0 Å². The maximum Gasteiger partial charge on any atom is 0.251 e. The summed E-state index contributed by atoms with van der Waals surface area (Å²) >= 11 is 0. The van der Waals surface area contributed by atoms with Crippen molar-refractivity contribution in [2.45, 2.75) is 13.1 Å². The zero-order valence-electron chi connectivity index (χ0n) is 15.9. The number of carbonyl (C=O) groups is 1. The van der Waals surface area contributed by atoms with Gasteiger partial charge in [0.25, 0.3) is 5.91 Å². The zero-order chi connectivity index (χ0) is 19.9. The van der Waals surface area contributed by atoms with Crippen LogP contribution in [0.2, 0.25) is 0 Å². The molecule has 0 atom stereocenters. The van der Waals surface area contributed by atoms with Gasteiger partial charge in [0.1, 0.15) is 11.5 Å². The highest BCUT2D eigenvalue weighted by atomic mass is 16.5. The third kappa shape index (κ3) is 5.11. The van der Waals surface area contributed by atoms with Crippen molar-refractivity contribution < 1.29 is 9.53 Å². The number of nitrogens with zero attached hydrogens (tertiary/aromatic N) is 2. The lowest BCUT2D eigenvalue weighted by molar-refractivity contribution is 0.0950. The molecule has 4 rings (SSSR count). The van der Waals surface area contributed by atoms with Gasteiger partial charge in [-0.05, 0) is 41.5 Å². The Labute approximate surface area is 169 Å². The number of hydrogen-bond acceptors (Lipinski definition) is 3. The smallest absolute Gasteiger partial charge is 0.251 e. The first-order valence-corrected chi connectivity index (χ1v) is 9.41. The van der Waals surface area contributed by atoms with Crippen molar-refractivity contribution in [3.8, 4) is 11.5 Å². The van der Waals surface area contributed by atoms with Crippen molar-refractivity contribution in [2.75, 3.05) is 0 Å². The summed E-state index contributed by atoms with van der Waals surface area (Å²) in [6, 6.07) is 24.9. The topological polar surface area (TPSA) is 56.2 Å². The van der Waals surface area contributed by atoms with E-state index in [1.165, 1.54) is 0 Å². The Morgan fingerprint density at radius 1 is 0.897 bits per heavy atom. The van der Waals surface area contributed by atoms with E-state index in [0.29, 0.717) is 17.9 Å². The monoisotopic (exact) mass is 383 g/mol. The minimum atomic E-state index is -0.136. The third-order valence-electron chi connectivity index (χ3n) is 4.44. The van der Waals surface area contributed by atoms with Crippen LogP contribution in [-0.4, -0.2) is 15.5 Å². The summed E-state index contributed by atoms with van der Waals surface area (Å²) in [5.74, 6) is 1.23. The van der Waals surface area contributed by atoms with Gasteiger partial charge in [0.15, 0.2) is 0 Å². The van der Waals surface area contributed by atoms with E-state index in [4.69, 9.17) is 4.74 Å². The Kier molecular flexibility index (Phi) is 5.67. The van der Waals surface area contributed by atoms with Crippen molar-refractivity contribution in [3.05, 3.63) is 114 Å². The van der Waals surface area contributed by atoms with E-state index in [1.54, 1.807) is 24.7 Å². The second kappa shape index (κ2) is 8.89. The molecule has 1 aromatic heterocycles. The van der Waals surface area contributed by atoms with Crippen molar-refractivity contribution in [1.29, 1.82) is 0 Å². The molecular formula is C24H21N3O2. The molecule has 0 aliphatic heterocycles. The highest BCUT2D eigenvalue weighted by Crippen LogP contribution is 2.21. The van der Waals surface area contributed by atoms with Crippen LogP contribution in [0.25, 0.3) is 0 Å². The molecule has 0 bridgehead atoms. The Balaban J connectivity index is 1.38. The number of imidazole rings is 1. The fourth-order valence-corrected chi connectivity index (χ4v) is 3.04. The summed E-state index contributed by atoms with van der Waals surface area (Å²) < 4.78 is 7.82. The molecule has 0 radical (unpaired) electrons. The molecule has 0 unspecified atom stereocenters. The number of nitrogens with one attached hydrogen (secondary N) is 1. The van der Waals surface area contributed by atoms with E-state index in [-0.39, 0.29) is 5.91 Å². The molecule has 1 amide bonds. The number of aromatic nitrogens is 2. The van der Waals surface area contributed by atoms with Gasteiger partial charge in [-0.1, -0.05) is 48.5 Å². The van der Waals surface area contributed by atoms with E-state index >= 15 is 0 Å². The Hall–Kier alpha value is -3.86. The van der Waals surface area contributed by atoms with Crippen LogP contribution >= 0.6 is 0 Å². The summed E-state index contributed by atoms with van der Waals surface area (Å²) in [6.07, 6.45) is 5.48. The molecule has 0 fully saturated rings. The largest absolute Gasteiger partial charge is 0.457 e. The Morgan fingerprint density at radius 3 is 2.52 bits per heavy atom. The van der Waals surface area contributed by atoms with Crippen LogP contribution < -0.4 is 10.1 Å². The summed E-state index contributed by atoms with van der Waals surface area (Å²) in [6.45, 7) is 1.21. The maximum absolute atomic E-state index is 12.6. The van der Waals surface area contributed by atoms with Crippen molar-refractivity contribution in [1.82, 2.24) is 14.9 Å². The van der Waals surface area contributed by atoms with E-state index < -0.39 is 0 Å². The Morgan fingerprint density at radius 2 is 1.69 bits per heavy atom. The molecule has 1 heterocycles. The minimum absolute atomic E-state index is 0.136. The summed E-state index contributed by atoms with van der Waals surface area (Å²) in [5, 5.41) is 2.98. The molecule has 0 saturated carbocycles. The van der Waals surface area contributed by atoms with Crippen molar-refractivity contribution in [2.24, 2.45) is 0 Å². The van der Waals surface area contributed by atoms with Crippen LogP contribution in [0.5, 0.6) is 11.5 Å². The van der Waals surface area contributed by atoms with Gasteiger partial charge in [-0.3, -0.25) is 4.79 Å². The average molecular weight is 383 g/mol. The summed E-state index contributed by atoms with van der Waals surface area (Å²) in [5.41, 5.74) is 2.77. The molecule has 5 nitrogen and oxygen atoms in total. The van der Waals surface area contributed by atoms with E-state index in [0.717, 1.165) is 23.4 Å². The second-order valence-corrected chi connectivity index (χ2v) is 6.68. The van der Waals surface area contributed by atoms with Crippen LogP contribution in [0, 0.1) is 0 Å². The molecule has 0 aliphatic rings. The van der Waals surface area contributed by atoms with E-state index in [9.17, 15) is 4.79 Å². The fourth-order valence-electron chi connectivity index (χ4n) is 3.04. The van der Waals surface area contributed by atoms with E-state index in [2.05, 4.69) is 22.4 Å². The van der Waals surface area contributed by atoms with Crippen LogP contribution in [0.1, 0.15) is 21.5 Å². The maximum atomic E-state index is 12.6. The molecule has 5 heteroatoms. The van der Waals surface area contributed by atoms with Crippen LogP contribution in [0.4, 0.5) is 0 Å². The molecule has 0 aliphatic carbocycles. The molecule has 144 valence electrons. The molecule has 0 saturated heterocycles. The lowest BCUT2D eigenvalue weighted by atomic mass is 10.1. The third-order valence-corrected chi connectivity index (χ3v) is 4.44.